The standard InChI is InChI=1S/C22H26N6O3S/c1-2-3-10-31-27-22(29)18-13-17-19(32-18)21(28-8-11-30-12-9-28)26-20(25-17)16-7-5-4-6-15(16)14-24-23/h4-7,13-14H,2-3,8-12,23H2,1H3,(H,27,29)/b24-14-. The van der Waals surface area contributed by atoms with Crippen LogP contribution in [0.2, 0.25) is 0 Å². The zero-order valence-electron chi connectivity index (χ0n) is 17.9. The van der Waals surface area contributed by atoms with Gasteiger partial charge in [0.2, 0.25) is 0 Å². The van der Waals surface area contributed by atoms with Crippen LogP contribution in [0.15, 0.2) is 35.4 Å². The molecule has 3 aromatic rings. The van der Waals surface area contributed by atoms with Crippen LogP contribution in [0, 0.1) is 0 Å². The van der Waals surface area contributed by atoms with E-state index in [9.17, 15) is 4.79 Å². The fourth-order valence-electron chi connectivity index (χ4n) is 3.41. The van der Waals surface area contributed by atoms with Crippen molar-refractivity contribution in [3.63, 3.8) is 0 Å². The third kappa shape index (κ3) is 4.87. The largest absolute Gasteiger partial charge is 0.378 e. The van der Waals surface area contributed by atoms with Crippen LogP contribution in [0.25, 0.3) is 21.6 Å². The van der Waals surface area contributed by atoms with E-state index in [4.69, 9.17) is 25.4 Å². The maximum absolute atomic E-state index is 12.6. The number of hydrazone groups is 1. The lowest BCUT2D eigenvalue weighted by atomic mass is 10.1. The SMILES string of the molecule is CCCCONC(=O)c1cc2nc(-c3ccccc3/C=N\N)nc(N3CCOCC3)c2s1. The van der Waals surface area contributed by atoms with Crippen molar-refractivity contribution in [2.45, 2.75) is 19.8 Å². The normalized spacial score (nSPS) is 14.3. The van der Waals surface area contributed by atoms with Gasteiger partial charge in [-0.25, -0.2) is 15.4 Å². The molecule has 0 spiro atoms. The van der Waals surface area contributed by atoms with E-state index in [2.05, 4.69) is 22.4 Å². The van der Waals surface area contributed by atoms with Crippen LogP contribution >= 0.6 is 11.3 Å². The Bertz CT molecular complexity index is 1110. The lowest BCUT2D eigenvalue weighted by Gasteiger charge is -2.28. The highest BCUT2D eigenvalue weighted by atomic mass is 32.1. The maximum atomic E-state index is 12.6. The molecule has 0 atom stereocenters. The summed E-state index contributed by atoms with van der Waals surface area (Å²) in [4.78, 5) is 30.3. The average molecular weight is 455 g/mol. The zero-order valence-corrected chi connectivity index (χ0v) is 18.7. The molecule has 0 saturated carbocycles. The van der Waals surface area contributed by atoms with Crippen molar-refractivity contribution in [2.75, 3.05) is 37.8 Å². The van der Waals surface area contributed by atoms with Crippen molar-refractivity contribution < 1.29 is 14.4 Å². The number of ether oxygens (including phenoxy) is 1. The van der Waals surface area contributed by atoms with E-state index >= 15 is 0 Å². The first kappa shape index (κ1) is 22.1. The number of benzene rings is 1. The predicted molar refractivity (Wildman–Crippen MR) is 126 cm³/mol. The number of nitrogens with zero attached hydrogens (tertiary/aromatic N) is 4. The van der Waals surface area contributed by atoms with Gasteiger partial charge in [-0.15, -0.1) is 11.3 Å². The van der Waals surface area contributed by atoms with Gasteiger partial charge in [0.25, 0.3) is 5.91 Å². The summed E-state index contributed by atoms with van der Waals surface area (Å²) in [6, 6.07) is 9.46. The lowest BCUT2D eigenvalue weighted by molar-refractivity contribution is 0.0305. The van der Waals surface area contributed by atoms with Crippen molar-refractivity contribution in [3.05, 3.63) is 40.8 Å². The molecule has 2 aromatic heterocycles. The minimum Gasteiger partial charge on any atom is -0.378 e. The number of carbonyl (C=O) groups excluding carboxylic acids is 1. The van der Waals surface area contributed by atoms with Crippen molar-refractivity contribution in [3.8, 4) is 11.4 Å². The quantitative estimate of drug-likeness (QED) is 0.233. The number of morpholine rings is 1. The summed E-state index contributed by atoms with van der Waals surface area (Å²) < 4.78 is 6.37. The molecule has 1 aliphatic rings. The van der Waals surface area contributed by atoms with E-state index in [0.29, 0.717) is 36.0 Å². The number of unbranched alkanes of at least 4 members (excludes halogenated alkanes) is 1. The van der Waals surface area contributed by atoms with Gasteiger partial charge in [0, 0.05) is 24.2 Å². The second-order valence-electron chi connectivity index (χ2n) is 7.29. The number of anilines is 1. The summed E-state index contributed by atoms with van der Waals surface area (Å²) in [6.45, 7) is 5.24. The van der Waals surface area contributed by atoms with Gasteiger partial charge in [-0.1, -0.05) is 37.6 Å². The second-order valence-corrected chi connectivity index (χ2v) is 8.35. The molecule has 1 amide bonds. The molecular formula is C22H26N6O3S. The van der Waals surface area contributed by atoms with Crippen LogP contribution in [0.3, 0.4) is 0 Å². The number of rotatable bonds is 8. The summed E-state index contributed by atoms with van der Waals surface area (Å²) in [5.41, 5.74) is 4.87. The molecule has 1 saturated heterocycles. The van der Waals surface area contributed by atoms with Crippen LogP contribution in [0.5, 0.6) is 0 Å². The smallest absolute Gasteiger partial charge is 0.284 e. The molecule has 0 radical (unpaired) electrons. The van der Waals surface area contributed by atoms with Gasteiger partial charge >= 0.3 is 0 Å². The molecule has 3 heterocycles. The average Bonchev–Trinajstić information content (AvgIpc) is 3.27. The molecular weight excluding hydrogens is 428 g/mol. The van der Waals surface area contributed by atoms with Gasteiger partial charge in [-0.05, 0) is 12.5 Å². The van der Waals surface area contributed by atoms with Crippen LogP contribution < -0.4 is 16.2 Å². The molecule has 1 aromatic carbocycles. The number of nitrogens with one attached hydrogen (secondary N) is 1. The number of thiophene rings is 1. The van der Waals surface area contributed by atoms with E-state index < -0.39 is 0 Å². The molecule has 168 valence electrons. The molecule has 9 nitrogen and oxygen atoms in total. The Balaban J connectivity index is 1.75. The number of fused-ring (bicyclic) bond motifs is 1. The Labute approximate surface area is 190 Å². The number of hydroxylamine groups is 1. The summed E-state index contributed by atoms with van der Waals surface area (Å²) in [5, 5.41) is 3.66. The molecule has 10 heteroatoms. The predicted octanol–water partition coefficient (Wildman–Crippen LogP) is 2.95. The monoisotopic (exact) mass is 454 g/mol. The van der Waals surface area contributed by atoms with Crippen molar-refractivity contribution in [2.24, 2.45) is 10.9 Å². The van der Waals surface area contributed by atoms with Crippen LogP contribution in [-0.2, 0) is 9.57 Å². The first-order valence-corrected chi connectivity index (χ1v) is 11.4. The molecule has 1 fully saturated rings. The summed E-state index contributed by atoms with van der Waals surface area (Å²) >= 11 is 1.36. The number of aromatic nitrogens is 2. The molecule has 1 aliphatic heterocycles. The highest BCUT2D eigenvalue weighted by molar-refractivity contribution is 7.21. The summed E-state index contributed by atoms with van der Waals surface area (Å²) in [5.74, 6) is 6.46. The van der Waals surface area contributed by atoms with Crippen molar-refractivity contribution in [1.29, 1.82) is 0 Å². The van der Waals surface area contributed by atoms with E-state index in [0.717, 1.165) is 47.6 Å². The van der Waals surface area contributed by atoms with E-state index in [1.807, 2.05) is 24.3 Å². The van der Waals surface area contributed by atoms with Gasteiger partial charge in [-0.3, -0.25) is 9.63 Å². The third-order valence-corrected chi connectivity index (χ3v) is 6.19. The van der Waals surface area contributed by atoms with Crippen molar-refractivity contribution in [1.82, 2.24) is 15.4 Å². The van der Waals surface area contributed by atoms with E-state index in [1.165, 1.54) is 11.3 Å². The fourth-order valence-corrected chi connectivity index (χ4v) is 4.41. The maximum Gasteiger partial charge on any atom is 0.284 e. The summed E-state index contributed by atoms with van der Waals surface area (Å²) in [6.07, 6.45) is 3.46. The number of amides is 1. The number of carbonyl (C=O) groups is 1. The zero-order chi connectivity index (χ0) is 22.3. The van der Waals surface area contributed by atoms with Crippen LogP contribution in [0.4, 0.5) is 5.82 Å². The van der Waals surface area contributed by atoms with Crippen molar-refractivity contribution >= 4 is 39.5 Å². The Morgan fingerprint density at radius 1 is 1.34 bits per heavy atom. The minimum atomic E-state index is -0.283. The number of nitrogens with two attached hydrogens (primary N) is 1. The van der Waals surface area contributed by atoms with E-state index in [1.54, 1.807) is 12.3 Å². The summed E-state index contributed by atoms with van der Waals surface area (Å²) in [7, 11) is 0. The van der Waals surface area contributed by atoms with Crippen LogP contribution in [-0.4, -0.2) is 55.0 Å². The highest BCUT2D eigenvalue weighted by Gasteiger charge is 2.22. The molecule has 3 N–H and O–H groups in total. The van der Waals surface area contributed by atoms with Gasteiger partial charge in [0.1, 0.15) is 0 Å². The Morgan fingerprint density at radius 2 is 2.16 bits per heavy atom. The van der Waals surface area contributed by atoms with Gasteiger partial charge in [-0.2, -0.15) is 5.10 Å². The Hall–Kier alpha value is -3.08. The van der Waals surface area contributed by atoms with Gasteiger partial charge in [0.05, 0.1) is 41.1 Å². The molecule has 0 bridgehead atoms. The van der Waals surface area contributed by atoms with Gasteiger partial charge < -0.3 is 15.5 Å². The first-order valence-electron chi connectivity index (χ1n) is 10.6. The minimum absolute atomic E-state index is 0.283. The molecule has 4 rings (SSSR count). The molecule has 0 aliphatic carbocycles. The van der Waals surface area contributed by atoms with Gasteiger partial charge in [0.15, 0.2) is 11.6 Å². The Kier molecular flexibility index (Phi) is 7.25. The fraction of sp³-hybridized carbons (Fsp3) is 0.364. The highest BCUT2D eigenvalue weighted by Crippen LogP contribution is 2.35. The lowest BCUT2D eigenvalue weighted by Crippen LogP contribution is -2.36. The molecule has 0 unspecified atom stereocenters. The first-order chi connectivity index (χ1) is 15.7. The van der Waals surface area contributed by atoms with E-state index in [-0.39, 0.29) is 5.91 Å². The van der Waals surface area contributed by atoms with Crippen LogP contribution in [0.1, 0.15) is 35.0 Å². The Morgan fingerprint density at radius 3 is 2.94 bits per heavy atom. The third-order valence-electron chi connectivity index (χ3n) is 5.07. The second kappa shape index (κ2) is 10.5. The number of hydrogen-bond donors (Lipinski definition) is 2. The number of hydrogen-bond acceptors (Lipinski definition) is 9. The molecule has 32 heavy (non-hydrogen) atoms. The topological polar surface area (TPSA) is 115 Å².